The summed E-state index contributed by atoms with van der Waals surface area (Å²) in [5, 5.41) is 5.26. The minimum Gasteiger partial charge on any atom is -0.494 e. The minimum atomic E-state index is -2.97. The molecule has 152 valence electrons. The number of alkyl halides is 2. The highest BCUT2D eigenvalue weighted by molar-refractivity contribution is 7.13. The number of nitrogens with zero attached hydrogens (tertiary/aromatic N) is 1. The molecule has 0 aliphatic rings. The van der Waals surface area contributed by atoms with Crippen molar-refractivity contribution in [3.8, 4) is 22.1 Å². The predicted molar refractivity (Wildman–Crippen MR) is 109 cm³/mol. The van der Waals surface area contributed by atoms with Crippen LogP contribution in [0.25, 0.3) is 10.6 Å². The minimum absolute atomic E-state index is 0.0189. The first kappa shape index (κ1) is 21.0. The summed E-state index contributed by atoms with van der Waals surface area (Å²) in [6.07, 6.45) is 0.0699. The van der Waals surface area contributed by atoms with Gasteiger partial charge in [-0.15, -0.1) is 11.3 Å². The van der Waals surface area contributed by atoms with Crippen molar-refractivity contribution in [2.75, 3.05) is 11.9 Å². The van der Waals surface area contributed by atoms with E-state index >= 15 is 0 Å². The zero-order chi connectivity index (χ0) is 20.8. The molecule has 0 radical (unpaired) electrons. The molecule has 29 heavy (non-hydrogen) atoms. The molecule has 3 rings (SSSR count). The Morgan fingerprint density at radius 2 is 2.00 bits per heavy atom. The molecular weight excluding hydrogens is 422 g/mol. The van der Waals surface area contributed by atoms with E-state index in [2.05, 4.69) is 15.0 Å². The predicted octanol–water partition coefficient (Wildman–Crippen LogP) is 5.64. The number of thiazole rings is 1. The Hall–Kier alpha value is -2.71. The van der Waals surface area contributed by atoms with Gasteiger partial charge in [0.05, 0.1) is 23.7 Å². The van der Waals surface area contributed by atoms with E-state index in [1.54, 1.807) is 0 Å². The van der Waals surface area contributed by atoms with Crippen LogP contribution in [0.2, 0.25) is 5.02 Å². The van der Waals surface area contributed by atoms with E-state index in [1.807, 2.05) is 36.6 Å². The van der Waals surface area contributed by atoms with E-state index in [4.69, 9.17) is 16.3 Å². The Labute approximate surface area is 175 Å². The fourth-order valence-electron chi connectivity index (χ4n) is 2.52. The second-order valence-corrected chi connectivity index (χ2v) is 7.12. The summed E-state index contributed by atoms with van der Waals surface area (Å²) in [4.78, 5) is 16.8. The number of rotatable bonds is 8. The summed E-state index contributed by atoms with van der Waals surface area (Å²) in [5.74, 6) is 0.335. The summed E-state index contributed by atoms with van der Waals surface area (Å²) in [5.41, 5.74) is 1.94. The maximum atomic E-state index is 12.3. The van der Waals surface area contributed by atoms with Gasteiger partial charge in [0.2, 0.25) is 5.91 Å². The Bertz CT molecular complexity index is 980. The molecule has 0 aliphatic heterocycles. The molecule has 1 heterocycles. The Morgan fingerprint density at radius 1 is 1.24 bits per heavy atom. The number of halogens is 3. The SMILES string of the molecule is CCOc1ccc(-c2nc(CC(=O)Nc3ccc(OC(F)F)c(Cl)c3)cs2)cc1. The van der Waals surface area contributed by atoms with Crippen LogP contribution in [0, 0.1) is 0 Å². The molecule has 1 amide bonds. The molecule has 1 aromatic heterocycles. The lowest BCUT2D eigenvalue weighted by molar-refractivity contribution is -0.115. The van der Waals surface area contributed by atoms with E-state index < -0.39 is 6.61 Å². The Morgan fingerprint density at radius 3 is 2.66 bits per heavy atom. The van der Waals surface area contributed by atoms with Gasteiger partial charge < -0.3 is 14.8 Å². The third kappa shape index (κ3) is 5.88. The second-order valence-electron chi connectivity index (χ2n) is 5.85. The van der Waals surface area contributed by atoms with Gasteiger partial charge in [0.1, 0.15) is 16.5 Å². The number of hydrogen-bond acceptors (Lipinski definition) is 5. The van der Waals surface area contributed by atoms with E-state index in [1.165, 1.54) is 29.5 Å². The van der Waals surface area contributed by atoms with Gasteiger partial charge in [-0.1, -0.05) is 11.6 Å². The quantitative estimate of drug-likeness (QED) is 0.494. The van der Waals surface area contributed by atoms with Crippen LogP contribution < -0.4 is 14.8 Å². The largest absolute Gasteiger partial charge is 0.494 e. The summed E-state index contributed by atoms with van der Waals surface area (Å²) in [6, 6.07) is 11.6. The zero-order valence-corrected chi connectivity index (χ0v) is 16.9. The monoisotopic (exact) mass is 438 g/mol. The Balaban J connectivity index is 1.61. The van der Waals surface area contributed by atoms with E-state index in [0.29, 0.717) is 18.0 Å². The topological polar surface area (TPSA) is 60.5 Å². The number of ether oxygens (including phenoxy) is 2. The zero-order valence-electron chi connectivity index (χ0n) is 15.3. The summed E-state index contributed by atoms with van der Waals surface area (Å²) >= 11 is 7.33. The van der Waals surface area contributed by atoms with Crippen LogP contribution in [0.4, 0.5) is 14.5 Å². The average molecular weight is 439 g/mol. The van der Waals surface area contributed by atoms with Gasteiger partial charge in [-0.25, -0.2) is 4.98 Å². The molecule has 0 fully saturated rings. The van der Waals surface area contributed by atoms with Crippen molar-refractivity contribution in [2.24, 2.45) is 0 Å². The van der Waals surface area contributed by atoms with Gasteiger partial charge in [0.15, 0.2) is 0 Å². The summed E-state index contributed by atoms with van der Waals surface area (Å²) < 4.78 is 34.2. The normalized spacial score (nSPS) is 10.8. The smallest absolute Gasteiger partial charge is 0.387 e. The molecule has 1 N–H and O–H groups in total. The molecule has 2 aromatic carbocycles. The van der Waals surface area contributed by atoms with Crippen molar-refractivity contribution >= 4 is 34.5 Å². The molecule has 5 nitrogen and oxygen atoms in total. The molecule has 0 bridgehead atoms. The number of nitrogens with one attached hydrogen (secondary N) is 1. The lowest BCUT2D eigenvalue weighted by Gasteiger charge is -2.09. The van der Waals surface area contributed by atoms with Crippen LogP contribution in [0.3, 0.4) is 0 Å². The van der Waals surface area contributed by atoms with Crippen molar-refractivity contribution in [3.63, 3.8) is 0 Å². The first-order valence-corrected chi connectivity index (χ1v) is 9.92. The molecule has 0 aliphatic carbocycles. The molecule has 0 saturated heterocycles. The lowest BCUT2D eigenvalue weighted by atomic mass is 10.2. The van der Waals surface area contributed by atoms with Crippen LogP contribution in [0.5, 0.6) is 11.5 Å². The van der Waals surface area contributed by atoms with Crippen molar-refractivity contribution < 1.29 is 23.0 Å². The molecule has 0 unspecified atom stereocenters. The van der Waals surface area contributed by atoms with E-state index in [9.17, 15) is 13.6 Å². The first-order chi connectivity index (χ1) is 13.9. The number of benzene rings is 2. The van der Waals surface area contributed by atoms with Gasteiger partial charge >= 0.3 is 6.61 Å². The molecule has 0 saturated carbocycles. The van der Waals surface area contributed by atoms with Crippen LogP contribution in [0.1, 0.15) is 12.6 Å². The number of carbonyl (C=O) groups excluding carboxylic acids is 1. The number of carbonyl (C=O) groups is 1. The molecule has 0 atom stereocenters. The number of hydrogen-bond donors (Lipinski definition) is 1. The van der Waals surface area contributed by atoms with Gasteiger partial charge in [-0.2, -0.15) is 8.78 Å². The standard InChI is InChI=1S/C20H17ClF2N2O3S/c1-2-27-15-6-3-12(4-7-15)19-25-14(11-29-19)10-18(26)24-13-5-8-17(16(21)9-13)28-20(22)23/h3-9,11,20H,2,10H2,1H3,(H,24,26). The number of amides is 1. The highest BCUT2D eigenvalue weighted by Crippen LogP contribution is 2.29. The Kier molecular flexibility index (Phi) is 7.00. The number of anilines is 1. The summed E-state index contributed by atoms with van der Waals surface area (Å²) in [7, 11) is 0. The highest BCUT2D eigenvalue weighted by atomic mass is 35.5. The van der Waals surface area contributed by atoms with Crippen molar-refractivity contribution in [1.82, 2.24) is 4.98 Å². The second kappa shape index (κ2) is 9.67. The maximum absolute atomic E-state index is 12.3. The van der Waals surface area contributed by atoms with Crippen LogP contribution in [-0.4, -0.2) is 24.1 Å². The third-order valence-corrected chi connectivity index (χ3v) is 4.97. The van der Waals surface area contributed by atoms with E-state index in [0.717, 1.165) is 16.3 Å². The fraction of sp³-hybridized carbons (Fsp3) is 0.200. The molecule has 0 spiro atoms. The lowest BCUT2D eigenvalue weighted by Crippen LogP contribution is -2.14. The van der Waals surface area contributed by atoms with Gasteiger partial charge in [0, 0.05) is 16.6 Å². The van der Waals surface area contributed by atoms with Crippen molar-refractivity contribution in [2.45, 2.75) is 20.0 Å². The molecule has 3 aromatic rings. The van der Waals surface area contributed by atoms with Crippen LogP contribution in [-0.2, 0) is 11.2 Å². The molecular formula is C20H17ClF2N2O3S. The van der Waals surface area contributed by atoms with Crippen LogP contribution >= 0.6 is 22.9 Å². The van der Waals surface area contributed by atoms with Crippen molar-refractivity contribution in [1.29, 1.82) is 0 Å². The molecule has 9 heteroatoms. The maximum Gasteiger partial charge on any atom is 0.387 e. The number of aromatic nitrogens is 1. The van der Waals surface area contributed by atoms with Crippen molar-refractivity contribution in [3.05, 3.63) is 58.6 Å². The van der Waals surface area contributed by atoms with Gasteiger partial charge in [-0.05, 0) is 49.4 Å². The summed E-state index contributed by atoms with van der Waals surface area (Å²) in [6.45, 7) is -0.448. The fourth-order valence-corrected chi connectivity index (χ4v) is 3.57. The highest BCUT2D eigenvalue weighted by Gasteiger charge is 2.12. The third-order valence-electron chi connectivity index (χ3n) is 3.74. The van der Waals surface area contributed by atoms with E-state index in [-0.39, 0.29) is 23.1 Å². The van der Waals surface area contributed by atoms with Gasteiger partial charge in [0.25, 0.3) is 0 Å². The van der Waals surface area contributed by atoms with Gasteiger partial charge in [-0.3, -0.25) is 4.79 Å². The average Bonchev–Trinajstić information content (AvgIpc) is 3.13. The first-order valence-electron chi connectivity index (χ1n) is 8.66. The van der Waals surface area contributed by atoms with Crippen LogP contribution in [0.15, 0.2) is 47.8 Å².